The lowest BCUT2D eigenvalue weighted by atomic mass is 9.90. The predicted octanol–water partition coefficient (Wildman–Crippen LogP) is 2.09. The van der Waals surface area contributed by atoms with Gasteiger partial charge < -0.3 is 10.4 Å². The Labute approximate surface area is 97.5 Å². The molecule has 0 amide bonds. The molecule has 1 fully saturated rings. The quantitative estimate of drug-likeness (QED) is 0.848. The number of carboxylic acids is 1. The lowest BCUT2D eigenvalue weighted by Gasteiger charge is -2.24. The Hall–Kier alpha value is -1.49. The highest BCUT2D eigenvalue weighted by atomic mass is 19.1. The van der Waals surface area contributed by atoms with Crippen molar-refractivity contribution in [1.29, 1.82) is 0 Å². The van der Waals surface area contributed by atoms with Crippen LogP contribution in [0.3, 0.4) is 0 Å². The molecule has 0 aromatic heterocycles. The van der Waals surface area contributed by atoms with Crippen molar-refractivity contribution in [2.24, 2.45) is 5.41 Å². The van der Waals surface area contributed by atoms with Crippen LogP contribution < -0.4 is 5.32 Å². The molecule has 0 heterocycles. The number of carbonyl (C=O) groups is 1. The van der Waals surface area contributed by atoms with Crippen molar-refractivity contribution in [2.45, 2.75) is 18.9 Å². The average Bonchev–Trinajstić information content (AvgIpc) is 3.03. The lowest BCUT2D eigenvalue weighted by molar-refractivity contribution is -0.144. The van der Waals surface area contributed by atoms with Crippen LogP contribution in [0.2, 0.25) is 0 Å². The molecule has 3 nitrogen and oxygen atoms in total. The maximum Gasteiger partial charge on any atom is 0.311 e. The molecule has 2 N–H and O–H groups in total. The SMILES string of the molecule is CNC(c1ccc(F)cc1F)C1(C(=O)O)CC1. The van der Waals surface area contributed by atoms with E-state index in [1.54, 1.807) is 7.05 Å². The second-order valence-corrected chi connectivity index (χ2v) is 4.35. The van der Waals surface area contributed by atoms with Gasteiger partial charge in [-0.1, -0.05) is 6.07 Å². The first-order valence-electron chi connectivity index (χ1n) is 5.37. The molecule has 0 radical (unpaired) electrons. The van der Waals surface area contributed by atoms with Crippen LogP contribution >= 0.6 is 0 Å². The molecule has 1 saturated carbocycles. The van der Waals surface area contributed by atoms with Crippen LogP contribution in [-0.4, -0.2) is 18.1 Å². The van der Waals surface area contributed by atoms with E-state index in [0.717, 1.165) is 12.1 Å². The highest BCUT2D eigenvalue weighted by Crippen LogP contribution is 2.55. The van der Waals surface area contributed by atoms with E-state index in [1.165, 1.54) is 6.07 Å². The first kappa shape index (κ1) is 12.0. The molecule has 0 spiro atoms. The molecule has 0 aliphatic heterocycles. The lowest BCUT2D eigenvalue weighted by Crippen LogP contribution is -2.33. The van der Waals surface area contributed by atoms with Crippen molar-refractivity contribution in [3.8, 4) is 0 Å². The van der Waals surface area contributed by atoms with E-state index in [9.17, 15) is 18.7 Å². The number of rotatable bonds is 4. The summed E-state index contributed by atoms with van der Waals surface area (Å²) in [4.78, 5) is 11.2. The third-order valence-corrected chi connectivity index (χ3v) is 3.33. The number of carboxylic acid groups (broad SMARTS) is 1. The molecule has 1 atom stereocenters. The molecule has 1 aliphatic rings. The van der Waals surface area contributed by atoms with Crippen LogP contribution in [0, 0.1) is 17.0 Å². The number of hydrogen-bond donors (Lipinski definition) is 2. The standard InChI is InChI=1S/C12H13F2NO2/c1-15-10(12(4-5-12)11(16)17)8-3-2-7(13)6-9(8)14/h2-3,6,10,15H,4-5H2,1H3,(H,16,17). The van der Waals surface area contributed by atoms with Gasteiger partial charge in [-0.2, -0.15) is 0 Å². The molecule has 2 rings (SSSR count). The van der Waals surface area contributed by atoms with Gasteiger partial charge in [0.25, 0.3) is 0 Å². The predicted molar refractivity (Wildman–Crippen MR) is 57.5 cm³/mol. The minimum Gasteiger partial charge on any atom is -0.481 e. The van der Waals surface area contributed by atoms with Gasteiger partial charge in [-0.05, 0) is 26.0 Å². The minimum absolute atomic E-state index is 0.203. The molecule has 1 unspecified atom stereocenters. The number of hydrogen-bond acceptors (Lipinski definition) is 2. The van der Waals surface area contributed by atoms with Crippen LogP contribution in [0.5, 0.6) is 0 Å². The fourth-order valence-electron chi connectivity index (χ4n) is 2.23. The molecule has 5 heteroatoms. The van der Waals surface area contributed by atoms with Crippen LogP contribution in [0.1, 0.15) is 24.4 Å². The Bertz CT molecular complexity index is 458. The summed E-state index contributed by atoms with van der Waals surface area (Å²) in [6.45, 7) is 0. The van der Waals surface area contributed by atoms with Crippen molar-refractivity contribution in [1.82, 2.24) is 5.32 Å². The number of aliphatic carboxylic acids is 1. The number of nitrogens with one attached hydrogen (secondary N) is 1. The van der Waals surface area contributed by atoms with Gasteiger partial charge in [0.05, 0.1) is 11.5 Å². The first-order chi connectivity index (χ1) is 8.01. The Kier molecular flexibility index (Phi) is 2.87. The third-order valence-electron chi connectivity index (χ3n) is 3.33. The van der Waals surface area contributed by atoms with Crippen LogP contribution in [-0.2, 0) is 4.79 Å². The van der Waals surface area contributed by atoms with Crippen LogP contribution in [0.15, 0.2) is 18.2 Å². The van der Waals surface area contributed by atoms with Crippen molar-refractivity contribution >= 4 is 5.97 Å². The highest BCUT2D eigenvalue weighted by molar-refractivity contribution is 5.79. The second-order valence-electron chi connectivity index (χ2n) is 4.35. The summed E-state index contributed by atoms with van der Waals surface area (Å²) in [6, 6.07) is 2.59. The van der Waals surface area contributed by atoms with Gasteiger partial charge in [-0.3, -0.25) is 4.79 Å². The van der Waals surface area contributed by atoms with Gasteiger partial charge in [0, 0.05) is 11.6 Å². The van der Waals surface area contributed by atoms with Gasteiger partial charge in [0.1, 0.15) is 11.6 Å². The van der Waals surface area contributed by atoms with E-state index in [2.05, 4.69) is 5.32 Å². The zero-order chi connectivity index (χ0) is 12.6. The summed E-state index contributed by atoms with van der Waals surface area (Å²) in [7, 11) is 1.58. The molecule has 0 saturated heterocycles. The fourth-order valence-corrected chi connectivity index (χ4v) is 2.23. The maximum absolute atomic E-state index is 13.6. The van der Waals surface area contributed by atoms with E-state index in [0.29, 0.717) is 12.8 Å². The molecule has 0 bridgehead atoms. The summed E-state index contributed by atoms with van der Waals surface area (Å²) in [5, 5.41) is 12.0. The number of halogens is 2. The Morgan fingerprint density at radius 2 is 2.12 bits per heavy atom. The van der Waals surface area contributed by atoms with Crippen molar-refractivity contribution in [3.63, 3.8) is 0 Å². The molecule has 1 aromatic carbocycles. The molecule has 92 valence electrons. The summed E-state index contributed by atoms with van der Waals surface area (Å²) in [5.74, 6) is -2.32. The van der Waals surface area contributed by atoms with Crippen molar-refractivity contribution in [2.75, 3.05) is 7.05 Å². The molecule has 1 aliphatic carbocycles. The van der Waals surface area contributed by atoms with E-state index in [-0.39, 0.29) is 5.56 Å². The molecular weight excluding hydrogens is 228 g/mol. The van der Waals surface area contributed by atoms with Crippen molar-refractivity contribution < 1.29 is 18.7 Å². The smallest absolute Gasteiger partial charge is 0.311 e. The molecular formula is C12H13F2NO2. The highest BCUT2D eigenvalue weighted by Gasteiger charge is 2.56. The summed E-state index contributed by atoms with van der Waals surface area (Å²) < 4.78 is 26.4. The third kappa shape index (κ3) is 1.91. The Morgan fingerprint density at radius 3 is 2.53 bits per heavy atom. The number of benzene rings is 1. The summed E-state index contributed by atoms with van der Waals surface area (Å²) in [6.07, 6.45) is 1.01. The maximum atomic E-state index is 13.6. The topological polar surface area (TPSA) is 49.3 Å². The van der Waals surface area contributed by atoms with Gasteiger partial charge in [0.2, 0.25) is 0 Å². The van der Waals surface area contributed by atoms with E-state index in [4.69, 9.17) is 0 Å². The van der Waals surface area contributed by atoms with Gasteiger partial charge >= 0.3 is 5.97 Å². The van der Waals surface area contributed by atoms with Gasteiger partial charge in [-0.15, -0.1) is 0 Å². The van der Waals surface area contributed by atoms with Crippen LogP contribution in [0.25, 0.3) is 0 Å². The second kappa shape index (κ2) is 4.07. The largest absolute Gasteiger partial charge is 0.481 e. The summed E-state index contributed by atoms with van der Waals surface area (Å²) in [5.41, 5.74) is -0.748. The van der Waals surface area contributed by atoms with Crippen molar-refractivity contribution in [3.05, 3.63) is 35.4 Å². The zero-order valence-electron chi connectivity index (χ0n) is 9.34. The molecule has 1 aromatic rings. The Morgan fingerprint density at radius 1 is 1.47 bits per heavy atom. The van der Waals surface area contributed by atoms with E-state index < -0.39 is 29.1 Å². The van der Waals surface area contributed by atoms with Gasteiger partial charge in [0.15, 0.2) is 0 Å². The first-order valence-corrected chi connectivity index (χ1v) is 5.37. The summed E-state index contributed by atoms with van der Waals surface area (Å²) >= 11 is 0. The van der Waals surface area contributed by atoms with Gasteiger partial charge in [-0.25, -0.2) is 8.78 Å². The monoisotopic (exact) mass is 241 g/mol. The average molecular weight is 241 g/mol. The van der Waals surface area contributed by atoms with E-state index in [1.807, 2.05) is 0 Å². The minimum atomic E-state index is -0.951. The van der Waals surface area contributed by atoms with Crippen LogP contribution in [0.4, 0.5) is 8.78 Å². The fraction of sp³-hybridized carbons (Fsp3) is 0.417. The zero-order valence-corrected chi connectivity index (χ0v) is 9.34. The molecule has 17 heavy (non-hydrogen) atoms. The normalized spacial score (nSPS) is 18.8. The Balaban J connectivity index is 2.39. The van der Waals surface area contributed by atoms with E-state index >= 15 is 0 Å².